The van der Waals surface area contributed by atoms with Crippen molar-refractivity contribution in [3.63, 3.8) is 0 Å². The van der Waals surface area contributed by atoms with Gasteiger partial charge in [-0.2, -0.15) is 0 Å². The summed E-state index contributed by atoms with van der Waals surface area (Å²) >= 11 is 0. The van der Waals surface area contributed by atoms with Gasteiger partial charge in [0.1, 0.15) is 18.0 Å². The number of ketones is 1. The second kappa shape index (κ2) is 8.52. The van der Waals surface area contributed by atoms with Crippen molar-refractivity contribution in [2.45, 2.75) is 58.0 Å². The highest BCUT2D eigenvalue weighted by atomic mass is 16.6. The first-order chi connectivity index (χ1) is 18.1. The number of rotatable bonds is 4. The molecule has 2 saturated heterocycles. The van der Waals surface area contributed by atoms with Crippen LogP contribution in [0.3, 0.4) is 0 Å². The largest absolute Gasteiger partial charge is 0.497 e. The number of ether oxygens (including phenoxy) is 4. The average Bonchev–Trinajstić information content (AvgIpc) is 3.31. The molecule has 8 atom stereocenters. The molecule has 5 aliphatic rings. The fourth-order valence-corrected chi connectivity index (χ4v) is 8.53. The number of carbonyl (C=O) groups excluding carboxylic acids is 3. The van der Waals surface area contributed by atoms with Crippen LogP contribution in [0.4, 0.5) is 0 Å². The molecule has 2 bridgehead atoms. The highest BCUT2D eigenvalue weighted by Crippen LogP contribution is 2.71. The molecule has 2 aliphatic heterocycles. The summed E-state index contributed by atoms with van der Waals surface area (Å²) in [4.78, 5) is 40.9. The smallest absolute Gasteiger partial charge is 0.331 e. The van der Waals surface area contributed by atoms with E-state index in [-0.39, 0.29) is 17.9 Å². The van der Waals surface area contributed by atoms with Crippen molar-refractivity contribution < 1.29 is 38.4 Å². The summed E-state index contributed by atoms with van der Waals surface area (Å²) in [7, 11) is 1.58. The maximum Gasteiger partial charge on any atom is 0.331 e. The number of benzene rings is 1. The van der Waals surface area contributed by atoms with Crippen LogP contribution in [0, 0.1) is 34.0 Å². The van der Waals surface area contributed by atoms with E-state index in [1.54, 1.807) is 37.5 Å². The van der Waals surface area contributed by atoms with Gasteiger partial charge in [0.25, 0.3) is 0 Å². The van der Waals surface area contributed by atoms with E-state index < -0.39 is 58.9 Å². The van der Waals surface area contributed by atoms with Crippen molar-refractivity contribution in [3.8, 4) is 5.75 Å². The lowest BCUT2D eigenvalue weighted by atomic mass is 9.43. The molecule has 202 valence electrons. The van der Waals surface area contributed by atoms with E-state index in [0.29, 0.717) is 30.6 Å². The van der Waals surface area contributed by atoms with Crippen molar-refractivity contribution in [1.29, 1.82) is 0 Å². The van der Waals surface area contributed by atoms with Gasteiger partial charge in [-0.25, -0.2) is 4.79 Å². The monoisotopic (exact) mass is 522 g/mol. The number of hydrogen-bond acceptors (Lipinski definition) is 8. The number of aliphatic hydroxyl groups excluding tert-OH is 1. The molecule has 2 spiro atoms. The van der Waals surface area contributed by atoms with Crippen LogP contribution in [0.15, 0.2) is 42.5 Å². The summed E-state index contributed by atoms with van der Waals surface area (Å²) in [6, 6.07) is 7.18. The first-order valence-corrected chi connectivity index (χ1v) is 13.3. The maximum absolute atomic E-state index is 14.0. The Morgan fingerprint density at radius 1 is 1.16 bits per heavy atom. The molecule has 6 rings (SSSR count). The van der Waals surface area contributed by atoms with Gasteiger partial charge in [0.15, 0.2) is 17.5 Å². The van der Waals surface area contributed by atoms with Crippen LogP contribution >= 0.6 is 0 Å². The Kier molecular flexibility index (Phi) is 5.67. The van der Waals surface area contributed by atoms with Gasteiger partial charge in [-0.3, -0.25) is 9.59 Å². The van der Waals surface area contributed by atoms with Crippen LogP contribution in [0.1, 0.15) is 45.1 Å². The third kappa shape index (κ3) is 3.19. The quantitative estimate of drug-likeness (QED) is 0.364. The van der Waals surface area contributed by atoms with Gasteiger partial charge >= 0.3 is 11.9 Å². The molecule has 8 heteroatoms. The van der Waals surface area contributed by atoms with E-state index in [0.717, 1.165) is 12.0 Å². The Morgan fingerprint density at radius 3 is 2.61 bits per heavy atom. The van der Waals surface area contributed by atoms with Crippen molar-refractivity contribution >= 4 is 23.8 Å². The summed E-state index contributed by atoms with van der Waals surface area (Å²) in [5.41, 5.74) is -1.64. The third-order valence-corrected chi connectivity index (χ3v) is 10.1. The van der Waals surface area contributed by atoms with Gasteiger partial charge in [0, 0.05) is 23.3 Å². The Morgan fingerprint density at radius 2 is 1.89 bits per heavy atom. The topological polar surface area (TPSA) is 108 Å². The summed E-state index contributed by atoms with van der Waals surface area (Å²) in [6.07, 6.45) is 2.94. The number of esters is 2. The van der Waals surface area contributed by atoms with E-state index in [4.69, 9.17) is 18.9 Å². The van der Waals surface area contributed by atoms with Gasteiger partial charge in [-0.15, -0.1) is 0 Å². The number of Topliss-reactive ketones (excluding diaryl/α,β-unsaturated/α-hetero) is 1. The van der Waals surface area contributed by atoms with Crippen LogP contribution < -0.4 is 4.74 Å². The molecule has 3 aliphatic carbocycles. The lowest BCUT2D eigenvalue weighted by Crippen LogP contribution is -2.71. The van der Waals surface area contributed by atoms with Crippen LogP contribution in [0.25, 0.3) is 6.08 Å². The number of methoxy groups -OCH3 is 1. The fourth-order valence-electron chi connectivity index (χ4n) is 8.53. The highest BCUT2D eigenvalue weighted by molar-refractivity contribution is 6.16. The molecule has 1 N–H and O–H groups in total. The van der Waals surface area contributed by atoms with Crippen molar-refractivity contribution in [3.05, 3.63) is 48.1 Å². The van der Waals surface area contributed by atoms with Gasteiger partial charge < -0.3 is 24.1 Å². The molecule has 1 aromatic carbocycles. The van der Waals surface area contributed by atoms with Gasteiger partial charge in [0.2, 0.25) is 0 Å². The Hall–Kier alpha value is -2.97. The summed E-state index contributed by atoms with van der Waals surface area (Å²) in [6.45, 7) is 8.42. The first kappa shape index (κ1) is 25.3. The van der Waals surface area contributed by atoms with E-state index in [9.17, 15) is 19.5 Å². The van der Waals surface area contributed by atoms with Crippen LogP contribution in [-0.4, -0.2) is 55.0 Å². The second-order valence-electron chi connectivity index (χ2n) is 12.1. The van der Waals surface area contributed by atoms with Crippen LogP contribution in [0.2, 0.25) is 0 Å². The van der Waals surface area contributed by atoms with Gasteiger partial charge in [0.05, 0.1) is 13.7 Å². The predicted molar refractivity (Wildman–Crippen MR) is 135 cm³/mol. The zero-order valence-electron chi connectivity index (χ0n) is 22.0. The SMILES string of the molecule is C=C1C(=O)C23C(=O)O[C@H]4CCC(C)(C)C5C(O)OCC54[C@@H]2CC[C@@H]1[C@H]3OC(=O)/C=C/c1ccc(OC)cc1. The zero-order chi connectivity index (χ0) is 27.0. The third-order valence-electron chi connectivity index (χ3n) is 10.1. The van der Waals surface area contributed by atoms with E-state index in [1.807, 2.05) is 0 Å². The number of hydrogen-bond donors (Lipinski definition) is 1. The highest BCUT2D eigenvalue weighted by Gasteiger charge is 2.81. The van der Waals surface area contributed by atoms with E-state index in [1.165, 1.54) is 6.08 Å². The van der Waals surface area contributed by atoms with Crippen molar-refractivity contribution in [1.82, 2.24) is 0 Å². The number of carbonyl (C=O) groups is 3. The zero-order valence-corrected chi connectivity index (χ0v) is 22.0. The molecular weight excluding hydrogens is 488 g/mol. The summed E-state index contributed by atoms with van der Waals surface area (Å²) in [5, 5.41) is 11.0. The molecule has 3 saturated carbocycles. The van der Waals surface area contributed by atoms with Crippen molar-refractivity contribution in [2.24, 2.45) is 34.0 Å². The summed E-state index contributed by atoms with van der Waals surface area (Å²) in [5.74, 6) is -2.26. The molecular formula is C30H34O8. The molecule has 8 nitrogen and oxygen atoms in total. The molecule has 4 unspecified atom stereocenters. The Balaban J connectivity index is 1.37. The predicted octanol–water partition coefficient (Wildman–Crippen LogP) is 3.47. The minimum atomic E-state index is -1.68. The average molecular weight is 523 g/mol. The molecule has 1 aromatic rings. The number of fused-ring (bicyclic) bond motifs is 1. The second-order valence-corrected chi connectivity index (χ2v) is 12.1. The molecule has 0 amide bonds. The molecule has 0 radical (unpaired) electrons. The minimum Gasteiger partial charge on any atom is -0.497 e. The fraction of sp³-hybridized carbons (Fsp3) is 0.567. The summed E-state index contributed by atoms with van der Waals surface area (Å²) < 4.78 is 23.1. The molecule has 2 heterocycles. The first-order valence-electron chi connectivity index (χ1n) is 13.3. The standard InChI is InChI=1S/C30H34O8/c1-16-19-10-11-20-29-15-36-26(33)23(29)28(2,3)14-13-21(29)37-27(34)30(20,24(16)32)25(19)38-22(31)12-7-17-5-8-18(35-4)9-6-17/h5-9,12,19-21,23,25-26,33H,1,10-11,13-15H2,2-4H3/b12-7+/t19-,20-,21-,23?,25+,26?,29?,30?/m0/s1. The molecule has 5 fully saturated rings. The van der Waals surface area contributed by atoms with Gasteiger partial charge in [-0.05, 0) is 66.4 Å². The molecule has 38 heavy (non-hydrogen) atoms. The van der Waals surface area contributed by atoms with Crippen LogP contribution in [0.5, 0.6) is 5.75 Å². The molecule has 0 aromatic heterocycles. The van der Waals surface area contributed by atoms with E-state index >= 15 is 0 Å². The Bertz CT molecular complexity index is 1230. The normalized spacial score (nSPS) is 40.8. The van der Waals surface area contributed by atoms with E-state index in [2.05, 4.69) is 20.4 Å². The Labute approximate surface area is 222 Å². The van der Waals surface area contributed by atoms with Crippen LogP contribution in [-0.2, 0) is 28.6 Å². The lowest BCUT2D eigenvalue weighted by molar-refractivity contribution is -0.251. The number of aliphatic hydroxyl groups is 1. The minimum absolute atomic E-state index is 0.190. The van der Waals surface area contributed by atoms with Gasteiger partial charge in [-0.1, -0.05) is 32.6 Å². The lowest BCUT2D eigenvalue weighted by Gasteiger charge is -2.62. The van der Waals surface area contributed by atoms with Crippen molar-refractivity contribution in [2.75, 3.05) is 13.7 Å². The maximum atomic E-state index is 14.0.